The molecule has 0 saturated heterocycles. The van der Waals surface area contributed by atoms with Crippen molar-refractivity contribution < 1.29 is 18.4 Å². The molecule has 0 fully saturated rings. The minimum absolute atomic E-state index is 0.0115. The maximum Gasteiger partial charge on any atom is 0.150 e. The van der Waals surface area contributed by atoms with Gasteiger partial charge < -0.3 is 14.9 Å². The molecule has 0 bridgehead atoms. The molecule has 6 heteroatoms. The van der Waals surface area contributed by atoms with Gasteiger partial charge in [-0.05, 0) is 19.1 Å². The van der Waals surface area contributed by atoms with Crippen molar-refractivity contribution in [1.29, 1.82) is 0 Å². The van der Waals surface area contributed by atoms with E-state index in [-0.39, 0.29) is 12.1 Å². The Balaban J connectivity index is 1.92. The largest absolute Gasteiger partial charge is 0.387 e. The van der Waals surface area contributed by atoms with Gasteiger partial charge in [-0.2, -0.15) is 0 Å². The number of aliphatic hydroxyl groups is 1. The molecule has 1 heterocycles. The van der Waals surface area contributed by atoms with Crippen molar-refractivity contribution in [3.8, 4) is 0 Å². The molecular weight excluding hydrogens is 254 g/mol. The van der Waals surface area contributed by atoms with E-state index in [4.69, 9.17) is 4.52 Å². The molecule has 0 aliphatic carbocycles. The number of benzene rings is 1. The quantitative estimate of drug-likeness (QED) is 0.871. The summed E-state index contributed by atoms with van der Waals surface area (Å²) in [6.45, 7) is 2.13. The normalized spacial score (nSPS) is 12.6. The van der Waals surface area contributed by atoms with Crippen LogP contribution in [0.25, 0.3) is 0 Å². The monoisotopic (exact) mass is 268 g/mol. The Hall–Kier alpha value is -1.79. The number of aliphatic hydroxyl groups excluding tert-OH is 1. The molecule has 2 N–H and O–H groups in total. The second-order valence-electron chi connectivity index (χ2n) is 4.22. The van der Waals surface area contributed by atoms with Crippen LogP contribution in [-0.4, -0.2) is 16.8 Å². The SMILES string of the molecule is Cc1cc(CNCC(O)c2c(F)cccc2F)on1. The van der Waals surface area contributed by atoms with E-state index in [1.54, 1.807) is 13.0 Å². The first-order valence-corrected chi connectivity index (χ1v) is 5.83. The maximum atomic E-state index is 13.4. The Morgan fingerprint density at radius 2 is 2.05 bits per heavy atom. The van der Waals surface area contributed by atoms with Crippen LogP contribution in [0.5, 0.6) is 0 Å². The van der Waals surface area contributed by atoms with Gasteiger partial charge in [0.25, 0.3) is 0 Å². The van der Waals surface area contributed by atoms with Crippen molar-refractivity contribution in [2.45, 2.75) is 19.6 Å². The highest BCUT2D eigenvalue weighted by Gasteiger charge is 2.17. The zero-order valence-electron chi connectivity index (χ0n) is 10.4. The number of aryl methyl sites for hydroxylation is 1. The zero-order chi connectivity index (χ0) is 13.8. The predicted molar refractivity (Wildman–Crippen MR) is 64.3 cm³/mol. The van der Waals surface area contributed by atoms with Gasteiger partial charge in [0.15, 0.2) is 5.76 Å². The summed E-state index contributed by atoms with van der Waals surface area (Å²) in [5.41, 5.74) is 0.418. The van der Waals surface area contributed by atoms with Gasteiger partial charge in [0.1, 0.15) is 11.6 Å². The summed E-state index contributed by atoms with van der Waals surface area (Å²) in [7, 11) is 0. The number of hydrogen-bond donors (Lipinski definition) is 2. The van der Waals surface area contributed by atoms with Crippen molar-refractivity contribution >= 4 is 0 Å². The molecule has 102 valence electrons. The molecule has 1 atom stereocenters. The van der Waals surface area contributed by atoms with Gasteiger partial charge in [0.05, 0.1) is 23.9 Å². The minimum atomic E-state index is -1.26. The number of hydrogen-bond acceptors (Lipinski definition) is 4. The van der Waals surface area contributed by atoms with E-state index >= 15 is 0 Å². The molecule has 19 heavy (non-hydrogen) atoms. The Morgan fingerprint density at radius 1 is 1.37 bits per heavy atom. The Morgan fingerprint density at radius 3 is 2.63 bits per heavy atom. The summed E-state index contributed by atoms with van der Waals surface area (Å²) in [6.07, 6.45) is -1.26. The molecule has 0 amide bonds. The van der Waals surface area contributed by atoms with Crippen LogP contribution in [0.1, 0.15) is 23.1 Å². The lowest BCUT2D eigenvalue weighted by Gasteiger charge is -2.13. The van der Waals surface area contributed by atoms with Gasteiger partial charge in [0.2, 0.25) is 0 Å². The number of rotatable bonds is 5. The average Bonchev–Trinajstić information content (AvgIpc) is 2.75. The molecular formula is C13H14F2N2O2. The third-order valence-electron chi connectivity index (χ3n) is 2.65. The standard InChI is InChI=1S/C13H14F2N2O2/c1-8-5-9(19-17-8)6-16-7-12(18)13-10(14)3-2-4-11(13)15/h2-5,12,16,18H,6-7H2,1H3. The molecule has 2 aromatic rings. The van der Waals surface area contributed by atoms with Crippen molar-refractivity contribution in [3.63, 3.8) is 0 Å². The fourth-order valence-electron chi connectivity index (χ4n) is 1.76. The van der Waals surface area contributed by atoms with Crippen molar-refractivity contribution in [2.24, 2.45) is 0 Å². The maximum absolute atomic E-state index is 13.4. The van der Waals surface area contributed by atoms with Crippen molar-refractivity contribution in [2.75, 3.05) is 6.54 Å². The van der Waals surface area contributed by atoms with Gasteiger partial charge in [-0.1, -0.05) is 11.2 Å². The van der Waals surface area contributed by atoms with E-state index in [9.17, 15) is 13.9 Å². The van der Waals surface area contributed by atoms with Gasteiger partial charge in [-0.15, -0.1) is 0 Å². The van der Waals surface area contributed by atoms with Gasteiger partial charge in [-0.3, -0.25) is 0 Å². The Labute approximate surface area is 109 Å². The molecule has 1 aromatic heterocycles. The summed E-state index contributed by atoms with van der Waals surface area (Å²) in [4.78, 5) is 0. The van der Waals surface area contributed by atoms with Crippen LogP contribution in [0.2, 0.25) is 0 Å². The molecule has 0 aliphatic rings. The van der Waals surface area contributed by atoms with E-state index in [0.29, 0.717) is 12.3 Å². The van der Waals surface area contributed by atoms with Crippen LogP contribution in [0.15, 0.2) is 28.8 Å². The Bertz CT molecular complexity index is 537. The first kappa shape index (κ1) is 13.6. The predicted octanol–water partition coefficient (Wildman–Crippen LogP) is 2.08. The fourth-order valence-corrected chi connectivity index (χ4v) is 1.76. The van der Waals surface area contributed by atoms with Crippen LogP contribution in [0.4, 0.5) is 8.78 Å². The van der Waals surface area contributed by atoms with E-state index in [1.807, 2.05) is 0 Å². The summed E-state index contributed by atoms with van der Waals surface area (Å²) in [5.74, 6) is -0.923. The van der Waals surface area contributed by atoms with Crippen LogP contribution in [0, 0.1) is 18.6 Å². The first-order valence-electron chi connectivity index (χ1n) is 5.83. The van der Waals surface area contributed by atoms with Crippen LogP contribution in [-0.2, 0) is 6.54 Å². The molecule has 0 radical (unpaired) electrons. The second kappa shape index (κ2) is 5.90. The molecule has 2 rings (SSSR count). The smallest absolute Gasteiger partial charge is 0.150 e. The highest BCUT2D eigenvalue weighted by molar-refractivity contribution is 5.22. The number of nitrogens with one attached hydrogen (secondary N) is 1. The van der Waals surface area contributed by atoms with Gasteiger partial charge in [0, 0.05) is 12.6 Å². The zero-order valence-corrected chi connectivity index (χ0v) is 10.4. The third-order valence-corrected chi connectivity index (χ3v) is 2.65. The van der Waals surface area contributed by atoms with E-state index in [0.717, 1.165) is 17.8 Å². The lowest BCUT2D eigenvalue weighted by atomic mass is 10.1. The fraction of sp³-hybridized carbons (Fsp3) is 0.308. The summed E-state index contributed by atoms with van der Waals surface area (Å²) in [6, 6.07) is 5.22. The molecule has 0 aliphatic heterocycles. The van der Waals surface area contributed by atoms with Crippen molar-refractivity contribution in [1.82, 2.24) is 10.5 Å². The molecule has 0 spiro atoms. The molecule has 4 nitrogen and oxygen atoms in total. The first-order chi connectivity index (χ1) is 9.08. The summed E-state index contributed by atoms with van der Waals surface area (Å²) >= 11 is 0. The highest BCUT2D eigenvalue weighted by atomic mass is 19.1. The van der Waals surface area contributed by atoms with Crippen molar-refractivity contribution in [3.05, 3.63) is 52.9 Å². The van der Waals surface area contributed by atoms with Crippen LogP contribution >= 0.6 is 0 Å². The highest BCUT2D eigenvalue weighted by Crippen LogP contribution is 2.20. The van der Waals surface area contributed by atoms with Gasteiger partial charge in [-0.25, -0.2) is 8.78 Å². The molecule has 0 saturated carbocycles. The van der Waals surface area contributed by atoms with Gasteiger partial charge >= 0.3 is 0 Å². The lowest BCUT2D eigenvalue weighted by molar-refractivity contribution is 0.163. The molecule has 1 aromatic carbocycles. The second-order valence-corrected chi connectivity index (χ2v) is 4.22. The van der Waals surface area contributed by atoms with Crippen LogP contribution in [0.3, 0.4) is 0 Å². The van der Waals surface area contributed by atoms with E-state index in [2.05, 4.69) is 10.5 Å². The topological polar surface area (TPSA) is 58.3 Å². The minimum Gasteiger partial charge on any atom is -0.387 e. The number of aromatic nitrogens is 1. The van der Waals surface area contributed by atoms with E-state index in [1.165, 1.54) is 6.07 Å². The lowest BCUT2D eigenvalue weighted by Crippen LogP contribution is -2.22. The van der Waals surface area contributed by atoms with Crippen LogP contribution < -0.4 is 5.32 Å². The summed E-state index contributed by atoms with van der Waals surface area (Å²) < 4.78 is 31.8. The third kappa shape index (κ3) is 3.36. The number of nitrogens with zero attached hydrogens (tertiary/aromatic N) is 1. The average molecular weight is 268 g/mol. The summed E-state index contributed by atoms with van der Waals surface area (Å²) in [5, 5.41) is 16.3. The Kier molecular flexibility index (Phi) is 4.24. The molecule has 1 unspecified atom stereocenters. The van der Waals surface area contributed by atoms with E-state index < -0.39 is 17.7 Å². The number of halogens is 2.